The maximum absolute atomic E-state index is 11.7. The van der Waals surface area contributed by atoms with E-state index in [1.807, 2.05) is 24.3 Å². The predicted molar refractivity (Wildman–Crippen MR) is 98.2 cm³/mol. The van der Waals surface area contributed by atoms with Crippen LogP contribution < -0.4 is 10.7 Å². The average molecular weight is 429 g/mol. The van der Waals surface area contributed by atoms with Crippen LogP contribution in [0.2, 0.25) is 10.0 Å². The maximum Gasteiger partial charge on any atom is 0.329 e. The molecule has 124 valence electrons. The van der Waals surface area contributed by atoms with E-state index in [0.29, 0.717) is 15.6 Å². The molecule has 2 rings (SSSR count). The SMILES string of the molecule is O=C(NCc1ccc(Cl)cc1Cl)C(=O)N/N=C\c1ccc(Br)cc1. The first-order valence-corrected chi connectivity index (χ1v) is 8.31. The number of rotatable bonds is 4. The second kappa shape index (κ2) is 8.82. The molecule has 2 aromatic rings. The van der Waals surface area contributed by atoms with Crippen LogP contribution in [0, 0.1) is 0 Å². The van der Waals surface area contributed by atoms with Crippen LogP contribution in [0.3, 0.4) is 0 Å². The van der Waals surface area contributed by atoms with Crippen LogP contribution in [0.15, 0.2) is 52.0 Å². The fourth-order valence-corrected chi connectivity index (χ4v) is 2.43. The Morgan fingerprint density at radius 1 is 1.08 bits per heavy atom. The molecule has 0 aliphatic carbocycles. The van der Waals surface area contributed by atoms with Crippen molar-refractivity contribution in [3.8, 4) is 0 Å². The summed E-state index contributed by atoms with van der Waals surface area (Å²) in [5.74, 6) is -1.68. The van der Waals surface area contributed by atoms with Gasteiger partial charge < -0.3 is 5.32 Å². The molecule has 0 atom stereocenters. The van der Waals surface area contributed by atoms with Crippen molar-refractivity contribution in [1.29, 1.82) is 0 Å². The Morgan fingerprint density at radius 3 is 2.46 bits per heavy atom. The minimum absolute atomic E-state index is 0.110. The smallest absolute Gasteiger partial charge is 0.329 e. The lowest BCUT2D eigenvalue weighted by molar-refractivity contribution is -0.139. The quantitative estimate of drug-likeness (QED) is 0.444. The number of hydrogen-bond acceptors (Lipinski definition) is 3. The van der Waals surface area contributed by atoms with Gasteiger partial charge in [-0.1, -0.05) is 57.3 Å². The molecule has 2 amide bonds. The van der Waals surface area contributed by atoms with Gasteiger partial charge in [0.15, 0.2) is 0 Å². The van der Waals surface area contributed by atoms with Crippen molar-refractivity contribution in [1.82, 2.24) is 10.7 Å². The van der Waals surface area contributed by atoms with Crippen LogP contribution in [-0.4, -0.2) is 18.0 Å². The minimum Gasteiger partial charge on any atom is -0.344 e. The molecule has 0 aromatic heterocycles. The number of hydrogen-bond donors (Lipinski definition) is 2. The van der Waals surface area contributed by atoms with Crippen molar-refractivity contribution in [2.24, 2.45) is 5.10 Å². The summed E-state index contributed by atoms with van der Waals surface area (Å²) < 4.78 is 0.934. The van der Waals surface area contributed by atoms with Gasteiger partial charge in [0.25, 0.3) is 0 Å². The zero-order chi connectivity index (χ0) is 17.5. The molecule has 0 bridgehead atoms. The second-order valence-corrected chi connectivity index (χ2v) is 6.43. The van der Waals surface area contributed by atoms with E-state index >= 15 is 0 Å². The van der Waals surface area contributed by atoms with Gasteiger partial charge in [-0.25, -0.2) is 5.43 Å². The Kier molecular flexibility index (Phi) is 6.78. The van der Waals surface area contributed by atoms with E-state index in [9.17, 15) is 9.59 Å². The van der Waals surface area contributed by atoms with Crippen LogP contribution in [0.1, 0.15) is 11.1 Å². The average Bonchev–Trinajstić information content (AvgIpc) is 2.55. The third kappa shape index (κ3) is 5.63. The first-order chi connectivity index (χ1) is 11.5. The maximum atomic E-state index is 11.7. The molecule has 5 nitrogen and oxygen atoms in total. The molecule has 0 aliphatic rings. The van der Waals surface area contributed by atoms with Gasteiger partial charge in [-0.2, -0.15) is 5.10 Å². The Morgan fingerprint density at radius 2 is 1.79 bits per heavy atom. The van der Waals surface area contributed by atoms with E-state index in [1.165, 1.54) is 6.21 Å². The highest BCUT2D eigenvalue weighted by Crippen LogP contribution is 2.20. The lowest BCUT2D eigenvalue weighted by Crippen LogP contribution is -2.37. The van der Waals surface area contributed by atoms with Crippen molar-refractivity contribution in [3.63, 3.8) is 0 Å². The monoisotopic (exact) mass is 427 g/mol. The predicted octanol–water partition coefficient (Wildman–Crippen LogP) is 3.52. The fraction of sp³-hybridized carbons (Fsp3) is 0.0625. The number of amides is 2. The van der Waals surface area contributed by atoms with Crippen LogP contribution in [-0.2, 0) is 16.1 Å². The van der Waals surface area contributed by atoms with Crippen molar-refractivity contribution in [2.45, 2.75) is 6.54 Å². The van der Waals surface area contributed by atoms with E-state index < -0.39 is 11.8 Å². The Balaban J connectivity index is 1.83. The van der Waals surface area contributed by atoms with E-state index in [1.54, 1.807) is 18.2 Å². The molecule has 2 N–H and O–H groups in total. The molecule has 0 radical (unpaired) electrons. The van der Waals surface area contributed by atoms with Crippen molar-refractivity contribution >= 4 is 57.2 Å². The summed E-state index contributed by atoms with van der Waals surface area (Å²) in [5, 5.41) is 7.10. The zero-order valence-corrected chi connectivity index (χ0v) is 15.3. The van der Waals surface area contributed by atoms with Crippen LogP contribution in [0.4, 0.5) is 0 Å². The van der Waals surface area contributed by atoms with Gasteiger partial charge >= 0.3 is 11.8 Å². The Bertz CT molecular complexity index is 779. The topological polar surface area (TPSA) is 70.6 Å². The fourth-order valence-electron chi connectivity index (χ4n) is 1.69. The van der Waals surface area contributed by atoms with Gasteiger partial charge in [-0.15, -0.1) is 0 Å². The van der Waals surface area contributed by atoms with E-state index in [0.717, 1.165) is 10.0 Å². The zero-order valence-electron chi connectivity index (χ0n) is 12.2. The van der Waals surface area contributed by atoms with Crippen molar-refractivity contribution in [3.05, 3.63) is 68.1 Å². The van der Waals surface area contributed by atoms with E-state index in [4.69, 9.17) is 23.2 Å². The number of benzene rings is 2. The summed E-state index contributed by atoms with van der Waals surface area (Å²) in [6.07, 6.45) is 1.44. The van der Waals surface area contributed by atoms with E-state index in [-0.39, 0.29) is 6.54 Å². The first kappa shape index (κ1) is 18.4. The number of nitrogens with one attached hydrogen (secondary N) is 2. The molecule has 0 heterocycles. The van der Waals surface area contributed by atoms with Gasteiger partial charge in [-0.3, -0.25) is 9.59 Å². The molecule has 0 fully saturated rings. The normalized spacial score (nSPS) is 10.6. The highest BCUT2D eigenvalue weighted by Gasteiger charge is 2.12. The van der Waals surface area contributed by atoms with Crippen LogP contribution >= 0.6 is 39.1 Å². The molecule has 0 unspecified atom stereocenters. The first-order valence-electron chi connectivity index (χ1n) is 6.76. The minimum atomic E-state index is -0.867. The van der Waals surface area contributed by atoms with Crippen LogP contribution in [0.5, 0.6) is 0 Å². The third-order valence-corrected chi connectivity index (χ3v) is 4.03. The summed E-state index contributed by atoms with van der Waals surface area (Å²) in [4.78, 5) is 23.4. The van der Waals surface area contributed by atoms with Gasteiger partial charge in [0.05, 0.1) is 6.21 Å². The number of carbonyl (C=O) groups is 2. The number of halogens is 3. The summed E-state index contributed by atoms with van der Waals surface area (Å²) in [5.41, 5.74) is 3.60. The molecule has 8 heteroatoms. The highest BCUT2D eigenvalue weighted by molar-refractivity contribution is 9.10. The van der Waals surface area contributed by atoms with Gasteiger partial charge in [0, 0.05) is 21.1 Å². The standard InChI is InChI=1S/C16H12BrCl2N3O2/c17-12-4-1-10(2-5-12)8-21-22-16(24)15(23)20-9-11-3-6-13(18)7-14(11)19/h1-8H,9H2,(H,20,23)(H,22,24)/b21-8-. The molecule has 0 spiro atoms. The molecule has 2 aromatic carbocycles. The summed E-state index contributed by atoms with van der Waals surface area (Å²) >= 11 is 15.1. The number of carbonyl (C=O) groups excluding carboxylic acids is 2. The Labute approximate surface area is 157 Å². The molecule has 0 saturated carbocycles. The highest BCUT2D eigenvalue weighted by atomic mass is 79.9. The van der Waals surface area contributed by atoms with Crippen LogP contribution in [0.25, 0.3) is 0 Å². The third-order valence-electron chi connectivity index (χ3n) is 2.91. The van der Waals surface area contributed by atoms with Crippen molar-refractivity contribution < 1.29 is 9.59 Å². The van der Waals surface area contributed by atoms with Crippen molar-refractivity contribution in [2.75, 3.05) is 0 Å². The molecule has 0 saturated heterocycles. The summed E-state index contributed by atoms with van der Waals surface area (Å²) in [6, 6.07) is 12.2. The summed E-state index contributed by atoms with van der Waals surface area (Å²) in [7, 11) is 0. The largest absolute Gasteiger partial charge is 0.344 e. The molecular formula is C16H12BrCl2N3O2. The van der Waals surface area contributed by atoms with Gasteiger partial charge in [0.1, 0.15) is 0 Å². The molecule has 24 heavy (non-hydrogen) atoms. The van der Waals surface area contributed by atoms with Gasteiger partial charge in [0.2, 0.25) is 0 Å². The molecule has 0 aliphatic heterocycles. The number of nitrogens with zero attached hydrogens (tertiary/aromatic N) is 1. The Hall–Kier alpha value is -1.89. The number of hydrazone groups is 1. The summed E-state index contributed by atoms with van der Waals surface area (Å²) in [6.45, 7) is 0.110. The molecular weight excluding hydrogens is 417 g/mol. The lowest BCUT2D eigenvalue weighted by Gasteiger charge is -2.06. The van der Waals surface area contributed by atoms with Gasteiger partial charge in [-0.05, 0) is 35.4 Å². The lowest BCUT2D eigenvalue weighted by atomic mass is 10.2. The second-order valence-electron chi connectivity index (χ2n) is 4.67. The van der Waals surface area contributed by atoms with E-state index in [2.05, 4.69) is 31.8 Å².